The van der Waals surface area contributed by atoms with E-state index in [1.54, 1.807) is 11.4 Å². The van der Waals surface area contributed by atoms with Crippen molar-refractivity contribution in [1.82, 2.24) is 9.87 Å². The second-order valence-electron chi connectivity index (χ2n) is 6.18. The lowest BCUT2D eigenvalue weighted by atomic mass is 10.1. The molecule has 0 unspecified atom stereocenters. The maximum atomic E-state index is 14.4. The summed E-state index contributed by atoms with van der Waals surface area (Å²) in [5.41, 5.74) is 1.06. The zero-order valence-electron chi connectivity index (χ0n) is 16.3. The van der Waals surface area contributed by atoms with Crippen molar-refractivity contribution < 1.29 is 27.2 Å². The maximum absolute atomic E-state index is 14.4. The van der Waals surface area contributed by atoms with E-state index in [1.807, 2.05) is 4.89 Å². The van der Waals surface area contributed by atoms with Crippen molar-refractivity contribution in [3.05, 3.63) is 59.2 Å². The fourth-order valence-electron chi connectivity index (χ4n) is 2.57. The van der Waals surface area contributed by atoms with Crippen molar-refractivity contribution in [2.45, 2.75) is 11.8 Å². The van der Waals surface area contributed by atoms with Gasteiger partial charge in [0.2, 0.25) is 5.91 Å². The van der Waals surface area contributed by atoms with Gasteiger partial charge in [0.1, 0.15) is 5.82 Å². The third-order valence-electron chi connectivity index (χ3n) is 3.91. The summed E-state index contributed by atoms with van der Waals surface area (Å²) in [6.45, 7) is 1.32. The molecule has 0 bridgehead atoms. The monoisotopic (exact) mass is 464 g/mol. The zero-order valence-corrected chi connectivity index (χ0v) is 17.9. The van der Waals surface area contributed by atoms with Crippen LogP contribution in [0.5, 0.6) is 0 Å². The van der Waals surface area contributed by atoms with Crippen molar-refractivity contribution in [1.29, 1.82) is 0 Å². The molecule has 3 aromatic rings. The Labute approximate surface area is 181 Å². The number of rotatable bonds is 7. The fraction of sp³-hybridized carbons (Fsp3) is 0.105. The van der Waals surface area contributed by atoms with E-state index in [9.17, 15) is 22.4 Å². The van der Waals surface area contributed by atoms with Crippen LogP contribution >= 0.6 is 11.3 Å². The van der Waals surface area contributed by atoms with E-state index in [0.717, 1.165) is 11.3 Å². The van der Waals surface area contributed by atoms with E-state index >= 15 is 0 Å². The second-order valence-corrected chi connectivity index (χ2v) is 8.69. The smallest absolute Gasteiger partial charge is 0.262 e. The summed E-state index contributed by atoms with van der Waals surface area (Å²) < 4.78 is 38.1. The highest BCUT2D eigenvalue weighted by molar-refractivity contribution is 7.89. The van der Waals surface area contributed by atoms with Crippen molar-refractivity contribution in [2.24, 2.45) is 0 Å². The topological polar surface area (TPSA) is 126 Å². The van der Waals surface area contributed by atoms with E-state index in [2.05, 4.69) is 20.5 Å². The number of amides is 2. The predicted molar refractivity (Wildman–Crippen MR) is 114 cm³/mol. The Hall–Kier alpha value is -3.19. The summed E-state index contributed by atoms with van der Waals surface area (Å²) >= 11 is 1.10. The minimum atomic E-state index is -3.83. The molecule has 12 heteroatoms. The number of nitrogens with zero attached hydrogens (tertiary/aromatic N) is 1. The number of carbonyl (C=O) groups excluding carboxylic acids is 2. The molecule has 1 heterocycles. The Bertz CT molecular complexity index is 1230. The van der Waals surface area contributed by atoms with Gasteiger partial charge in [0.15, 0.2) is 5.13 Å². The normalized spacial score (nSPS) is 11.2. The lowest BCUT2D eigenvalue weighted by Crippen LogP contribution is -2.22. The van der Waals surface area contributed by atoms with Crippen LogP contribution in [-0.4, -0.2) is 32.3 Å². The van der Waals surface area contributed by atoms with Crippen molar-refractivity contribution >= 4 is 44.0 Å². The van der Waals surface area contributed by atoms with Crippen LogP contribution in [0, 0.1) is 5.82 Å². The van der Waals surface area contributed by atoms with Crippen LogP contribution in [-0.2, 0) is 19.7 Å². The molecular formula is C19H17FN4O5S2. The Kier molecular flexibility index (Phi) is 6.75. The molecule has 162 valence electrons. The summed E-state index contributed by atoms with van der Waals surface area (Å²) in [6, 6.07) is 9.41. The third-order valence-corrected chi connectivity index (χ3v) is 5.95. The first-order valence-corrected chi connectivity index (χ1v) is 11.0. The molecule has 1 aromatic heterocycles. The average molecular weight is 465 g/mol. The standard InChI is InChI=1S/C19H17FN4O5S2/c1-11(25)21-13-5-8-15(16(20)9-13)17-10-30-19(22-17)23-18(26)12-3-6-14(7-4-12)31(27,28)24-29-2/h3-10,24H,1-2H3,(H,21,25)(H,22,23,26). The van der Waals surface area contributed by atoms with Gasteiger partial charge in [0.25, 0.3) is 15.9 Å². The highest BCUT2D eigenvalue weighted by atomic mass is 32.2. The highest BCUT2D eigenvalue weighted by Gasteiger charge is 2.16. The Morgan fingerprint density at radius 2 is 1.81 bits per heavy atom. The third kappa shape index (κ3) is 5.49. The SMILES string of the molecule is CONS(=O)(=O)c1ccc(C(=O)Nc2nc(-c3ccc(NC(C)=O)cc3F)cs2)cc1. The van der Waals surface area contributed by atoms with Gasteiger partial charge in [-0.2, -0.15) is 0 Å². The lowest BCUT2D eigenvalue weighted by molar-refractivity contribution is -0.114. The minimum absolute atomic E-state index is 0.0689. The number of hydrogen-bond donors (Lipinski definition) is 3. The number of sulfonamides is 1. The van der Waals surface area contributed by atoms with Gasteiger partial charge < -0.3 is 5.32 Å². The second kappa shape index (κ2) is 9.31. The van der Waals surface area contributed by atoms with Crippen LogP contribution in [0.2, 0.25) is 0 Å². The van der Waals surface area contributed by atoms with E-state index in [1.165, 1.54) is 50.4 Å². The summed E-state index contributed by atoms with van der Waals surface area (Å²) in [7, 11) is -2.65. The van der Waals surface area contributed by atoms with Crippen molar-refractivity contribution in [3.8, 4) is 11.3 Å². The number of anilines is 2. The minimum Gasteiger partial charge on any atom is -0.326 e. The molecule has 0 aliphatic rings. The van der Waals surface area contributed by atoms with Crippen molar-refractivity contribution in [3.63, 3.8) is 0 Å². The Morgan fingerprint density at radius 1 is 1.10 bits per heavy atom. The molecule has 0 aliphatic carbocycles. The van der Waals surface area contributed by atoms with Crippen LogP contribution in [0.1, 0.15) is 17.3 Å². The largest absolute Gasteiger partial charge is 0.326 e. The molecule has 0 aliphatic heterocycles. The predicted octanol–water partition coefficient (Wildman–Crippen LogP) is 3.00. The first-order valence-electron chi connectivity index (χ1n) is 8.69. The molecule has 3 N–H and O–H groups in total. The molecule has 0 saturated carbocycles. The molecule has 2 amide bonds. The van der Waals surface area contributed by atoms with Gasteiger partial charge in [-0.1, -0.05) is 4.89 Å². The molecule has 0 spiro atoms. The molecule has 0 atom stereocenters. The van der Waals surface area contributed by atoms with Gasteiger partial charge in [0.05, 0.1) is 17.7 Å². The number of thiazole rings is 1. The number of benzene rings is 2. The lowest BCUT2D eigenvalue weighted by Gasteiger charge is -2.06. The number of carbonyl (C=O) groups is 2. The summed E-state index contributed by atoms with van der Waals surface area (Å²) in [5, 5.41) is 6.90. The number of nitrogens with one attached hydrogen (secondary N) is 3. The summed E-state index contributed by atoms with van der Waals surface area (Å²) in [4.78, 5) is 33.9. The number of hydrogen-bond acceptors (Lipinski definition) is 7. The van der Waals surface area contributed by atoms with Crippen molar-refractivity contribution in [2.75, 3.05) is 17.7 Å². The van der Waals surface area contributed by atoms with E-state index in [-0.39, 0.29) is 27.1 Å². The summed E-state index contributed by atoms with van der Waals surface area (Å²) in [5.74, 6) is -1.40. The van der Waals surface area contributed by atoms with Crippen LogP contribution < -0.4 is 15.5 Å². The number of halogens is 1. The number of aromatic nitrogens is 1. The summed E-state index contributed by atoms with van der Waals surface area (Å²) in [6.07, 6.45) is 0. The average Bonchev–Trinajstić information content (AvgIpc) is 3.15. The Balaban J connectivity index is 1.72. The molecule has 0 radical (unpaired) electrons. The molecule has 3 rings (SSSR count). The van der Waals surface area contributed by atoms with E-state index < -0.39 is 21.7 Å². The van der Waals surface area contributed by atoms with Gasteiger partial charge in [0, 0.05) is 29.1 Å². The molecule has 0 fully saturated rings. The van der Waals surface area contributed by atoms with E-state index in [4.69, 9.17) is 0 Å². The van der Waals surface area contributed by atoms with Crippen LogP contribution in [0.25, 0.3) is 11.3 Å². The highest BCUT2D eigenvalue weighted by Crippen LogP contribution is 2.29. The van der Waals surface area contributed by atoms with Gasteiger partial charge >= 0.3 is 0 Å². The van der Waals surface area contributed by atoms with Gasteiger partial charge in [-0.25, -0.2) is 17.8 Å². The molecule has 31 heavy (non-hydrogen) atoms. The molecular weight excluding hydrogens is 447 g/mol. The van der Waals surface area contributed by atoms with Crippen LogP contribution in [0.4, 0.5) is 15.2 Å². The quantitative estimate of drug-likeness (QED) is 0.462. The van der Waals surface area contributed by atoms with Gasteiger partial charge in [-0.3, -0.25) is 19.7 Å². The van der Waals surface area contributed by atoms with E-state index in [0.29, 0.717) is 11.4 Å². The van der Waals surface area contributed by atoms with Crippen LogP contribution in [0.15, 0.2) is 52.7 Å². The maximum Gasteiger partial charge on any atom is 0.262 e. The fourth-order valence-corrected chi connectivity index (χ4v) is 4.09. The Morgan fingerprint density at radius 3 is 2.42 bits per heavy atom. The first-order chi connectivity index (χ1) is 14.7. The zero-order chi connectivity index (χ0) is 22.6. The molecule has 9 nitrogen and oxygen atoms in total. The van der Waals surface area contributed by atoms with Gasteiger partial charge in [-0.15, -0.1) is 11.3 Å². The molecule has 0 saturated heterocycles. The van der Waals surface area contributed by atoms with Crippen LogP contribution in [0.3, 0.4) is 0 Å². The first kappa shape index (κ1) is 22.5. The molecule has 2 aromatic carbocycles. The van der Waals surface area contributed by atoms with Gasteiger partial charge in [-0.05, 0) is 42.5 Å².